The molecule has 1 fully saturated rings. The highest BCUT2D eigenvalue weighted by molar-refractivity contribution is 7.73. The highest BCUT2D eigenvalue weighted by Gasteiger charge is 2.28. The molecule has 1 saturated carbocycles. The predicted octanol–water partition coefficient (Wildman–Crippen LogP) is 2.99. The van der Waals surface area contributed by atoms with E-state index in [1.165, 1.54) is 36.0 Å². The molecule has 24 heavy (non-hydrogen) atoms. The van der Waals surface area contributed by atoms with Gasteiger partial charge in [-0.3, -0.25) is 9.36 Å². The number of nitrogens with zero attached hydrogens (tertiary/aromatic N) is 2. The Morgan fingerprint density at radius 2 is 2.04 bits per heavy atom. The van der Waals surface area contributed by atoms with Gasteiger partial charge in [0.1, 0.15) is 10.7 Å². The molecule has 1 amide bonds. The number of fused-ring (bicyclic) bond motifs is 1. The van der Waals surface area contributed by atoms with Crippen LogP contribution in [0.2, 0.25) is 0 Å². The number of aromatic hydroxyl groups is 1. The van der Waals surface area contributed by atoms with Crippen molar-refractivity contribution in [1.29, 1.82) is 0 Å². The standard InChI is InChI=1S/C17H15FN2O2S2/c18-9-6-7-12-11(8-9)13(15(21)19-12)14-16(22)20(17(23)24-14)10-4-2-1-3-5-10/h6-8,10,22H,1-5H2. The van der Waals surface area contributed by atoms with Gasteiger partial charge < -0.3 is 5.11 Å². The summed E-state index contributed by atoms with van der Waals surface area (Å²) in [6.45, 7) is 0. The second-order valence-electron chi connectivity index (χ2n) is 6.14. The van der Waals surface area contributed by atoms with Gasteiger partial charge in [-0.1, -0.05) is 19.3 Å². The molecule has 4 rings (SSSR count). The van der Waals surface area contributed by atoms with Gasteiger partial charge in [-0.25, -0.2) is 9.38 Å². The van der Waals surface area contributed by atoms with E-state index in [-0.39, 0.29) is 17.5 Å². The zero-order valence-corrected chi connectivity index (χ0v) is 14.4. The molecule has 0 atom stereocenters. The normalized spacial score (nSPS) is 17.9. The van der Waals surface area contributed by atoms with Crippen LogP contribution in [-0.4, -0.2) is 15.6 Å². The van der Waals surface area contributed by atoms with Crippen LogP contribution in [-0.2, 0) is 4.79 Å². The van der Waals surface area contributed by atoms with Gasteiger partial charge in [0.15, 0.2) is 3.95 Å². The number of aromatic nitrogens is 1. The van der Waals surface area contributed by atoms with Gasteiger partial charge in [0.2, 0.25) is 5.88 Å². The van der Waals surface area contributed by atoms with Gasteiger partial charge in [0.05, 0.1) is 10.9 Å². The fourth-order valence-electron chi connectivity index (χ4n) is 3.51. The monoisotopic (exact) mass is 362 g/mol. The van der Waals surface area contributed by atoms with Gasteiger partial charge in [0, 0.05) is 11.3 Å². The number of hydrogen-bond acceptors (Lipinski definition) is 4. The lowest BCUT2D eigenvalue weighted by Gasteiger charge is -2.23. The van der Waals surface area contributed by atoms with E-state index in [4.69, 9.17) is 12.2 Å². The van der Waals surface area contributed by atoms with Crippen molar-refractivity contribution < 1.29 is 14.3 Å². The van der Waals surface area contributed by atoms with Crippen molar-refractivity contribution in [3.63, 3.8) is 0 Å². The average molecular weight is 362 g/mol. The Morgan fingerprint density at radius 3 is 2.79 bits per heavy atom. The lowest BCUT2D eigenvalue weighted by atomic mass is 9.95. The summed E-state index contributed by atoms with van der Waals surface area (Å²) in [4.78, 5) is 16.7. The Hall–Kier alpha value is -1.86. The lowest BCUT2D eigenvalue weighted by Crippen LogP contribution is -2.23. The van der Waals surface area contributed by atoms with Crippen molar-refractivity contribution in [3.8, 4) is 5.88 Å². The number of carbonyl (C=O) groups is 1. The zero-order chi connectivity index (χ0) is 16.8. The Balaban J connectivity index is 1.92. The first-order valence-electron chi connectivity index (χ1n) is 7.94. The van der Waals surface area contributed by atoms with Crippen molar-refractivity contribution in [2.24, 2.45) is 4.99 Å². The van der Waals surface area contributed by atoms with Gasteiger partial charge in [0.25, 0.3) is 5.91 Å². The largest absolute Gasteiger partial charge is 0.493 e. The van der Waals surface area contributed by atoms with E-state index in [0.29, 0.717) is 19.4 Å². The van der Waals surface area contributed by atoms with Gasteiger partial charge in [-0.05, 0) is 43.3 Å². The van der Waals surface area contributed by atoms with Crippen molar-refractivity contribution in [2.75, 3.05) is 0 Å². The summed E-state index contributed by atoms with van der Waals surface area (Å²) >= 11 is 6.62. The van der Waals surface area contributed by atoms with Crippen LogP contribution in [0.25, 0.3) is 5.57 Å². The Bertz CT molecular complexity index is 1020. The first kappa shape index (κ1) is 15.7. The Kier molecular flexibility index (Phi) is 3.85. The number of carbonyl (C=O) groups excluding carboxylic acids is 1. The molecule has 2 aromatic rings. The summed E-state index contributed by atoms with van der Waals surface area (Å²) < 4.78 is 15.9. The first-order valence-corrected chi connectivity index (χ1v) is 9.16. The van der Waals surface area contributed by atoms with E-state index < -0.39 is 11.7 Å². The molecular formula is C17H15FN2O2S2. The summed E-state index contributed by atoms with van der Waals surface area (Å²) in [6, 6.07) is 4.20. The quantitative estimate of drug-likeness (QED) is 0.836. The maximum Gasteiger partial charge on any atom is 0.279 e. The van der Waals surface area contributed by atoms with Gasteiger partial charge in [-0.2, -0.15) is 0 Å². The summed E-state index contributed by atoms with van der Waals surface area (Å²) in [5.41, 5.74) is 0.243. The molecule has 1 aliphatic heterocycles. The number of thiazole rings is 1. The van der Waals surface area contributed by atoms with Crippen molar-refractivity contribution in [2.45, 2.75) is 38.1 Å². The highest BCUT2D eigenvalue weighted by atomic mass is 32.1. The van der Waals surface area contributed by atoms with E-state index in [1.807, 2.05) is 0 Å². The van der Waals surface area contributed by atoms with Crippen LogP contribution in [0.1, 0.15) is 43.0 Å². The molecule has 2 aliphatic rings. The van der Waals surface area contributed by atoms with Crippen LogP contribution in [0.5, 0.6) is 5.88 Å². The molecule has 0 bridgehead atoms. The molecule has 4 nitrogen and oxygen atoms in total. The molecule has 7 heteroatoms. The van der Waals surface area contributed by atoms with E-state index in [2.05, 4.69) is 4.99 Å². The van der Waals surface area contributed by atoms with Crippen LogP contribution in [0.4, 0.5) is 4.39 Å². The summed E-state index contributed by atoms with van der Waals surface area (Å²) in [7, 11) is 0. The number of amides is 1. The molecular weight excluding hydrogens is 347 g/mol. The van der Waals surface area contributed by atoms with Crippen LogP contribution >= 0.6 is 23.6 Å². The zero-order valence-electron chi connectivity index (χ0n) is 12.8. The van der Waals surface area contributed by atoms with Gasteiger partial charge >= 0.3 is 0 Å². The first-order chi connectivity index (χ1) is 11.6. The molecule has 1 N–H and O–H groups in total. The number of rotatable bonds is 2. The summed E-state index contributed by atoms with van der Waals surface area (Å²) in [5, 5.41) is 11.6. The molecule has 0 saturated heterocycles. The highest BCUT2D eigenvalue weighted by Crippen LogP contribution is 2.39. The van der Waals surface area contributed by atoms with Crippen LogP contribution in [0.15, 0.2) is 23.2 Å². The molecule has 1 aliphatic carbocycles. The van der Waals surface area contributed by atoms with Crippen LogP contribution in [0, 0.1) is 9.77 Å². The molecule has 0 radical (unpaired) electrons. The van der Waals surface area contributed by atoms with Crippen molar-refractivity contribution in [1.82, 2.24) is 4.57 Å². The SMILES string of the molecule is O=C1N=c2ccc(F)cc2=C1c1sc(=S)n(C2CCCCC2)c1O. The lowest BCUT2D eigenvalue weighted by molar-refractivity contribution is -0.112. The fraction of sp³-hybridized carbons (Fsp3) is 0.353. The van der Waals surface area contributed by atoms with Crippen molar-refractivity contribution >= 4 is 35.0 Å². The number of hydrogen-bond donors (Lipinski definition) is 1. The summed E-state index contributed by atoms with van der Waals surface area (Å²) in [6.07, 6.45) is 5.35. The van der Waals surface area contributed by atoms with E-state index in [9.17, 15) is 14.3 Å². The molecule has 1 aromatic carbocycles. The number of benzene rings is 1. The summed E-state index contributed by atoms with van der Waals surface area (Å²) in [5.74, 6) is -0.892. The van der Waals surface area contributed by atoms with Gasteiger partial charge in [-0.15, -0.1) is 11.3 Å². The van der Waals surface area contributed by atoms with Crippen LogP contribution in [0.3, 0.4) is 0 Å². The molecule has 2 heterocycles. The Labute approximate surface area is 146 Å². The van der Waals surface area contributed by atoms with E-state index in [0.717, 1.165) is 25.7 Å². The fourth-order valence-corrected chi connectivity index (χ4v) is 4.99. The topological polar surface area (TPSA) is 54.6 Å². The van der Waals surface area contributed by atoms with E-state index >= 15 is 0 Å². The molecule has 1 aromatic heterocycles. The number of halogens is 1. The second kappa shape index (κ2) is 5.89. The predicted molar refractivity (Wildman–Crippen MR) is 91.6 cm³/mol. The molecule has 0 spiro atoms. The minimum absolute atomic E-state index is 0.00700. The smallest absolute Gasteiger partial charge is 0.279 e. The Morgan fingerprint density at radius 1 is 1.29 bits per heavy atom. The minimum Gasteiger partial charge on any atom is -0.493 e. The average Bonchev–Trinajstić information content (AvgIpc) is 3.03. The molecule has 0 unspecified atom stereocenters. The maximum absolute atomic E-state index is 13.6. The molecule has 124 valence electrons. The maximum atomic E-state index is 13.6. The third-order valence-corrected chi connectivity index (χ3v) is 6.06. The minimum atomic E-state index is -0.460. The third kappa shape index (κ3) is 2.43. The van der Waals surface area contributed by atoms with Crippen LogP contribution < -0.4 is 10.6 Å². The van der Waals surface area contributed by atoms with Crippen molar-refractivity contribution in [3.05, 3.63) is 43.4 Å². The second-order valence-corrected chi connectivity index (χ2v) is 7.78. The third-order valence-electron chi connectivity index (χ3n) is 4.65. The van der Waals surface area contributed by atoms with E-state index in [1.54, 1.807) is 4.57 Å².